The lowest BCUT2D eigenvalue weighted by molar-refractivity contribution is -0.153. The van der Waals surface area contributed by atoms with E-state index < -0.39 is 36.3 Å². The lowest BCUT2D eigenvalue weighted by atomic mass is 10.1. The first kappa shape index (κ1) is 16.8. The van der Waals surface area contributed by atoms with Crippen molar-refractivity contribution in [2.45, 2.75) is 50.1 Å². The van der Waals surface area contributed by atoms with Crippen LogP contribution in [0.3, 0.4) is 0 Å². The van der Waals surface area contributed by atoms with E-state index in [9.17, 15) is 24.9 Å². The predicted octanol–water partition coefficient (Wildman–Crippen LogP) is -2.37. The van der Waals surface area contributed by atoms with Crippen LogP contribution in [0.2, 0.25) is 0 Å². The fourth-order valence-corrected chi connectivity index (χ4v) is 1.93. The van der Waals surface area contributed by atoms with Gasteiger partial charge in [0.1, 0.15) is 6.10 Å². The highest BCUT2D eigenvalue weighted by Gasteiger charge is 2.48. The molecule has 0 aromatic carbocycles. The van der Waals surface area contributed by atoms with E-state index in [1.165, 1.54) is 0 Å². The minimum atomic E-state index is -1.72. The zero-order valence-corrected chi connectivity index (χ0v) is 11.2. The van der Waals surface area contributed by atoms with Gasteiger partial charge in [0.05, 0.1) is 0 Å². The molecule has 6 N–H and O–H groups in total. The van der Waals surface area contributed by atoms with E-state index in [1.807, 2.05) is 0 Å². The fraction of sp³-hybridized carbons (Fsp3) is 0.833. The van der Waals surface area contributed by atoms with Crippen LogP contribution in [0.1, 0.15) is 25.7 Å². The first-order valence-corrected chi connectivity index (χ1v) is 6.71. The highest BCUT2D eigenvalue weighted by atomic mass is 16.6. The molecule has 0 bridgehead atoms. The van der Waals surface area contributed by atoms with Gasteiger partial charge >= 0.3 is 5.97 Å². The minimum absolute atomic E-state index is 0.375. The van der Waals surface area contributed by atoms with Crippen LogP contribution in [0.4, 0.5) is 0 Å². The van der Waals surface area contributed by atoms with E-state index in [-0.39, 0.29) is 0 Å². The second kappa shape index (κ2) is 8.15. The van der Waals surface area contributed by atoms with Gasteiger partial charge in [0.15, 0.2) is 18.3 Å². The number of esters is 1. The smallest absolute Gasteiger partial charge is 0.338 e. The van der Waals surface area contributed by atoms with Crippen molar-refractivity contribution in [2.75, 3.05) is 13.1 Å². The summed E-state index contributed by atoms with van der Waals surface area (Å²) in [5.41, 5.74) is 5.35. The van der Waals surface area contributed by atoms with Gasteiger partial charge in [0.25, 0.3) is 5.91 Å². The Morgan fingerprint density at radius 2 is 1.95 bits per heavy atom. The van der Waals surface area contributed by atoms with Crippen molar-refractivity contribution in [3.05, 3.63) is 0 Å². The number of hydrogen-bond donors (Lipinski definition) is 5. The maximum absolute atomic E-state index is 11.6. The number of nitrogens with two attached hydrogens (primary N) is 1. The molecule has 1 heterocycles. The molecule has 0 radical (unpaired) electrons. The highest BCUT2D eigenvalue weighted by Crippen LogP contribution is 2.19. The quantitative estimate of drug-likeness (QED) is 0.248. The Hall–Kier alpha value is -1.22. The first-order chi connectivity index (χ1) is 9.49. The van der Waals surface area contributed by atoms with E-state index in [0.717, 1.165) is 25.7 Å². The lowest BCUT2D eigenvalue weighted by Crippen LogP contribution is -2.47. The molecule has 8 heteroatoms. The van der Waals surface area contributed by atoms with E-state index in [2.05, 4.69) is 10.1 Å². The van der Waals surface area contributed by atoms with Crippen molar-refractivity contribution in [3.63, 3.8) is 0 Å². The lowest BCUT2D eigenvalue weighted by Gasteiger charge is -2.19. The maximum Gasteiger partial charge on any atom is 0.338 e. The molecule has 1 aliphatic heterocycles. The fourth-order valence-electron chi connectivity index (χ4n) is 1.93. The molecule has 20 heavy (non-hydrogen) atoms. The number of cyclic esters (lactones) is 1. The van der Waals surface area contributed by atoms with Gasteiger partial charge in [-0.2, -0.15) is 0 Å². The summed E-state index contributed by atoms with van der Waals surface area (Å²) in [5.74, 6) is -1.79. The van der Waals surface area contributed by atoms with Crippen molar-refractivity contribution in [1.82, 2.24) is 5.32 Å². The Kier molecular flexibility index (Phi) is 6.86. The molecule has 1 saturated heterocycles. The number of aliphatic hydroxyl groups is 3. The van der Waals surface area contributed by atoms with Gasteiger partial charge in [0.2, 0.25) is 0 Å². The maximum atomic E-state index is 11.6. The van der Waals surface area contributed by atoms with Crippen LogP contribution >= 0.6 is 0 Å². The summed E-state index contributed by atoms with van der Waals surface area (Å²) < 4.78 is 4.56. The summed E-state index contributed by atoms with van der Waals surface area (Å²) in [7, 11) is 0. The van der Waals surface area contributed by atoms with Crippen molar-refractivity contribution in [1.29, 1.82) is 0 Å². The number of carbonyl (C=O) groups excluding carboxylic acids is 2. The third-order valence-corrected chi connectivity index (χ3v) is 3.16. The molecule has 0 aromatic heterocycles. The van der Waals surface area contributed by atoms with E-state index >= 15 is 0 Å². The monoisotopic (exact) mass is 290 g/mol. The van der Waals surface area contributed by atoms with Crippen LogP contribution in [0.15, 0.2) is 0 Å². The molecule has 116 valence electrons. The van der Waals surface area contributed by atoms with Crippen LogP contribution in [-0.4, -0.2) is 64.7 Å². The Labute approximate surface area is 116 Å². The van der Waals surface area contributed by atoms with E-state index in [1.54, 1.807) is 0 Å². The third kappa shape index (κ3) is 4.41. The summed E-state index contributed by atoms with van der Waals surface area (Å²) in [6.45, 7) is 1.01. The molecule has 0 saturated carbocycles. The summed E-state index contributed by atoms with van der Waals surface area (Å²) in [5, 5.41) is 30.8. The van der Waals surface area contributed by atoms with Crippen molar-refractivity contribution in [3.8, 4) is 0 Å². The molecule has 0 aliphatic carbocycles. The van der Waals surface area contributed by atoms with Gasteiger partial charge in [-0.15, -0.1) is 0 Å². The molecule has 4 atom stereocenters. The second-order valence-corrected chi connectivity index (χ2v) is 4.78. The summed E-state index contributed by atoms with van der Waals surface area (Å²) in [6, 6.07) is 0. The topological polar surface area (TPSA) is 142 Å². The van der Waals surface area contributed by atoms with Gasteiger partial charge in [-0.1, -0.05) is 12.8 Å². The van der Waals surface area contributed by atoms with Crippen LogP contribution in [0.25, 0.3) is 0 Å². The van der Waals surface area contributed by atoms with Crippen LogP contribution in [0.5, 0.6) is 0 Å². The summed E-state index contributed by atoms with van der Waals surface area (Å²) in [4.78, 5) is 22.6. The molecular formula is C12H22N2O6. The Morgan fingerprint density at radius 1 is 1.30 bits per heavy atom. The summed E-state index contributed by atoms with van der Waals surface area (Å²) >= 11 is 0. The molecule has 1 aliphatic rings. The van der Waals surface area contributed by atoms with Crippen LogP contribution in [0, 0.1) is 0 Å². The Balaban J connectivity index is 2.27. The van der Waals surface area contributed by atoms with Crippen molar-refractivity contribution in [2.24, 2.45) is 5.73 Å². The van der Waals surface area contributed by atoms with Gasteiger partial charge in [-0.25, -0.2) is 4.79 Å². The molecule has 8 nitrogen and oxygen atoms in total. The molecule has 1 amide bonds. The van der Waals surface area contributed by atoms with E-state index in [0.29, 0.717) is 13.1 Å². The van der Waals surface area contributed by atoms with Crippen LogP contribution < -0.4 is 11.1 Å². The SMILES string of the molecule is NCCCCCCNC(=O)[C@@H](O)[C@H]1OC(=O)[C@H](O)[C@H]1O. The second-order valence-electron chi connectivity index (χ2n) is 4.78. The molecular weight excluding hydrogens is 268 g/mol. The normalized spacial score (nSPS) is 27.2. The number of ether oxygens (including phenoxy) is 1. The van der Waals surface area contributed by atoms with Gasteiger partial charge in [-0.05, 0) is 19.4 Å². The molecule has 0 unspecified atom stereocenters. The Morgan fingerprint density at radius 3 is 2.50 bits per heavy atom. The van der Waals surface area contributed by atoms with E-state index in [4.69, 9.17) is 5.73 Å². The minimum Gasteiger partial charge on any atom is -0.454 e. The molecule has 1 fully saturated rings. The number of hydrogen-bond acceptors (Lipinski definition) is 7. The molecule has 0 spiro atoms. The average molecular weight is 290 g/mol. The zero-order valence-electron chi connectivity index (χ0n) is 11.2. The zero-order chi connectivity index (χ0) is 15.1. The third-order valence-electron chi connectivity index (χ3n) is 3.16. The largest absolute Gasteiger partial charge is 0.454 e. The highest BCUT2D eigenvalue weighted by molar-refractivity contribution is 5.84. The first-order valence-electron chi connectivity index (χ1n) is 6.71. The number of amides is 1. The predicted molar refractivity (Wildman–Crippen MR) is 68.4 cm³/mol. The van der Waals surface area contributed by atoms with Crippen molar-refractivity contribution < 1.29 is 29.6 Å². The number of aliphatic hydroxyl groups excluding tert-OH is 3. The standard InChI is InChI=1S/C12H22N2O6/c13-5-3-1-2-4-6-14-11(18)9(17)10-7(15)8(16)12(19)20-10/h7-10,15-17H,1-6,13H2,(H,14,18)/t7-,8-,9+,10+/m1/s1. The number of rotatable bonds is 8. The van der Waals surface area contributed by atoms with Gasteiger partial charge < -0.3 is 31.1 Å². The van der Waals surface area contributed by atoms with Crippen LogP contribution in [-0.2, 0) is 14.3 Å². The number of unbranched alkanes of at least 4 members (excludes halogenated alkanes) is 3. The Bertz CT molecular complexity index is 338. The van der Waals surface area contributed by atoms with Gasteiger partial charge in [-0.3, -0.25) is 4.79 Å². The average Bonchev–Trinajstić information content (AvgIpc) is 2.69. The molecule has 0 aromatic rings. The number of carbonyl (C=O) groups is 2. The molecule has 1 rings (SSSR count). The number of nitrogens with one attached hydrogen (secondary N) is 1. The summed E-state index contributed by atoms with van der Waals surface area (Å²) in [6.07, 6.45) is -2.91. The van der Waals surface area contributed by atoms with Gasteiger partial charge in [0, 0.05) is 6.54 Å². The van der Waals surface area contributed by atoms with Crippen molar-refractivity contribution >= 4 is 11.9 Å².